The van der Waals surface area contributed by atoms with Crippen LogP contribution in [-0.4, -0.2) is 25.4 Å². The first-order valence-corrected chi connectivity index (χ1v) is 6.36. The van der Waals surface area contributed by atoms with Crippen LogP contribution < -0.4 is 4.74 Å². The fourth-order valence-corrected chi connectivity index (χ4v) is 1.90. The molecule has 20 heavy (non-hydrogen) atoms. The molecule has 1 atom stereocenters. The normalized spacial score (nSPS) is 12.2. The minimum Gasteiger partial charge on any atom is -0.491 e. The van der Waals surface area contributed by atoms with Gasteiger partial charge in [-0.25, -0.2) is 4.39 Å². The molecule has 106 valence electrons. The summed E-state index contributed by atoms with van der Waals surface area (Å²) in [5, 5.41) is 10.4. The average Bonchev–Trinajstić information content (AvgIpc) is 2.48. The van der Waals surface area contributed by atoms with E-state index in [-0.39, 0.29) is 5.82 Å². The minimum absolute atomic E-state index is 0.328. The van der Waals surface area contributed by atoms with Crippen LogP contribution in [0.4, 0.5) is 4.39 Å². The smallest absolute Gasteiger partial charge is 0.125 e. The fraction of sp³-hybridized carbons (Fsp3) is 0.250. The molecule has 4 heteroatoms. The van der Waals surface area contributed by atoms with Gasteiger partial charge in [0.05, 0.1) is 6.61 Å². The van der Waals surface area contributed by atoms with Crippen LogP contribution in [0.1, 0.15) is 17.2 Å². The predicted octanol–water partition coefficient (Wildman–Crippen LogP) is 2.93. The number of rotatable bonds is 6. The molecule has 2 aromatic rings. The summed E-state index contributed by atoms with van der Waals surface area (Å²) < 4.78 is 23.4. The van der Waals surface area contributed by atoms with E-state index in [1.807, 2.05) is 12.1 Å². The molecule has 1 N–H and O–H groups in total. The molecule has 0 aromatic heterocycles. The van der Waals surface area contributed by atoms with Crippen molar-refractivity contribution in [2.45, 2.75) is 6.10 Å². The van der Waals surface area contributed by atoms with Gasteiger partial charge in [0.2, 0.25) is 0 Å². The molecule has 2 rings (SSSR count). The summed E-state index contributed by atoms with van der Waals surface area (Å²) in [5.41, 5.74) is 1.27. The average molecular weight is 276 g/mol. The van der Waals surface area contributed by atoms with Crippen molar-refractivity contribution in [3.8, 4) is 5.75 Å². The molecule has 0 aliphatic rings. The lowest BCUT2D eigenvalue weighted by molar-refractivity contribution is 0.142. The lowest BCUT2D eigenvalue weighted by atomic mass is 10.0. The number of halogens is 1. The summed E-state index contributed by atoms with van der Waals surface area (Å²) in [6.07, 6.45) is -0.852. The molecule has 0 saturated carbocycles. The van der Waals surface area contributed by atoms with Crippen molar-refractivity contribution >= 4 is 0 Å². The van der Waals surface area contributed by atoms with E-state index in [9.17, 15) is 9.50 Å². The van der Waals surface area contributed by atoms with E-state index in [4.69, 9.17) is 9.47 Å². The van der Waals surface area contributed by atoms with Crippen molar-refractivity contribution in [1.82, 2.24) is 0 Å². The Balaban J connectivity index is 2.20. The Hall–Kier alpha value is -1.91. The second kappa shape index (κ2) is 7.03. The van der Waals surface area contributed by atoms with Crippen LogP contribution in [0.5, 0.6) is 5.75 Å². The highest BCUT2D eigenvalue weighted by Crippen LogP contribution is 2.29. The Kier molecular flexibility index (Phi) is 5.09. The van der Waals surface area contributed by atoms with Crippen LogP contribution in [0.15, 0.2) is 48.5 Å². The maximum atomic E-state index is 12.9. The summed E-state index contributed by atoms with van der Waals surface area (Å²) in [5.74, 6) is 0.270. The number of ether oxygens (including phenoxy) is 2. The number of hydrogen-bond donors (Lipinski definition) is 1. The molecule has 3 nitrogen and oxygen atoms in total. The van der Waals surface area contributed by atoms with E-state index in [1.165, 1.54) is 12.1 Å². The Morgan fingerprint density at radius 1 is 1.05 bits per heavy atom. The third kappa shape index (κ3) is 3.56. The van der Waals surface area contributed by atoms with Gasteiger partial charge in [0.1, 0.15) is 24.3 Å². The number of methoxy groups -OCH3 is 1. The van der Waals surface area contributed by atoms with Gasteiger partial charge in [0.25, 0.3) is 0 Å². The zero-order chi connectivity index (χ0) is 14.4. The second-order valence-electron chi connectivity index (χ2n) is 4.33. The van der Waals surface area contributed by atoms with E-state index in [2.05, 4.69) is 0 Å². The van der Waals surface area contributed by atoms with Crippen molar-refractivity contribution in [2.24, 2.45) is 0 Å². The molecule has 0 amide bonds. The van der Waals surface area contributed by atoms with Gasteiger partial charge in [0, 0.05) is 12.7 Å². The van der Waals surface area contributed by atoms with Crippen LogP contribution >= 0.6 is 0 Å². The van der Waals surface area contributed by atoms with Crippen molar-refractivity contribution in [1.29, 1.82) is 0 Å². The van der Waals surface area contributed by atoms with Gasteiger partial charge in [-0.15, -0.1) is 0 Å². The zero-order valence-corrected chi connectivity index (χ0v) is 11.3. The number of aliphatic hydroxyl groups is 1. The van der Waals surface area contributed by atoms with Crippen molar-refractivity contribution in [2.75, 3.05) is 20.3 Å². The van der Waals surface area contributed by atoms with Crippen LogP contribution in [0.3, 0.4) is 0 Å². The summed E-state index contributed by atoms with van der Waals surface area (Å²) in [6.45, 7) is 0.880. The highest BCUT2D eigenvalue weighted by molar-refractivity contribution is 5.40. The highest BCUT2D eigenvalue weighted by Gasteiger charge is 2.15. The van der Waals surface area contributed by atoms with Gasteiger partial charge in [-0.05, 0) is 23.8 Å². The number of hydrogen-bond acceptors (Lipinski definition) is 3. The van der Waals surface area contributed by atoms with Gasteiger partial charge >= 0.3 is 0 Å². The van der Waals surface area contributed by atoms with E-state index >= 15 is 0 Å². The number of benzene rings is 2. The van der Waals surface area contributed by atoms with E-state index in [1.54, 1.807) is 31.4 Å². The second-order valence-corrected chi connectivity index (χ2v) is 4.33. The minimum atomic E-state index is -0.852. The predicted molar refractivity (Wildman–Crippen MR) is 74.3 cm³/mol. The molecule has 0 bridgehead atoms. The SMILES string of the molecule is COCCOc1ccccc1C(O)c1ccc(F)cc1. The summed E-state index contributed by atoms with van der Waals surface area (Å²) in [7, 11) is 1.60. The third-order valence-corrected chi connectivity index (χ3v) is 2.94. The van der Waals surface area contributed by atoms with Gasteiger partial charge in [0.15, 0.2) is 0 Å². The largest absolute Gasteiger partial charge is 0.491 e. The standard InChI is InChI=1S/C16H17FO3/c1-19-10-11-20-15-5-3-2-4-14(15)16(18)12-6-8-13(17)9-7-12/h2-9,16,18H,10-11H2,1H3. The third-order valence-electron chi connectivity index (χ3n) is 2.94. The van der Waals surface area contributed by atoms with Crippen molar-refractivity contribution in [3.05, 3.63) is 65.5 Å². The first-order chi connectivity index (χ1) is 9.72. The van der Waals surface area contributed by atoms with Crippen molar-refractivity contribution < 1.29 is 19.0 Å². The maximum Gasteiger partial charge on any atom is 0.125 e. The molecule has 0 aliphatic heterocycles. The Morgan fingerprint density at radius 2 is 1.75 bits per heavy atom. The van der Waals surface area contributed by atoms with Crippen LogP contribution in [0, 0.1) is 5.82 Å². The van der Waals surface area contributed by atoms with E-state index < -0.39 is 6.10 Å². The molecule has 0 saturated heterocycles. The molecule has 0 aliphatic carbocycles. The first kappa shape index (κ1) is 14.5. The molecule has 0 spiro atoms. The Bertz CT molecular complexity index is 540. The van der Waals surface area contributed by atoms with Crippen LogP contribution in [-0.2, 0) is 4.74 Å². The maximum absolute atomic E-state index is 12.9. The zero-order valence-electron chi connectivity index (χ0n) is 11.3. The molecular weight excluding hydrogens is 259 g/mol. The first-order valence-electron chi connectivity index (χ1n) is 6.36. The summed E-state index contributed by atoms with van der Waals surface area (Å²) in [6, 6.07) is 13.0. The quantitative estimate of drug-likeness (QED) is 0.824. The lowest BCUT2D eigenvalue weighted by Gasteiger charge is -2.16. The molecule has 0 heterocycles. The van der Waals surface area contributed by atoms with Gasteiger partial charge in [-0.2, -0.15) is 0 Å². The van der Waals surface area contributed by atoms with Crippen LogP contribution in [0.25, 0.3) is 0 Å². The van der Waals surface area contributed by atoms with Crippen molar-refractivity contribution in [3.63, 3.8) is 0 Å². The molecule has 0 fully saturated rings. The Labute approximate surface area is 117 Å². The summed E-state index contributed by atoms with van der Waals surface area (Å²) in [4.78, 5) is 0. The Morgan fingerprint density at radius 3 is 2.45 bits per heavy atom. The molecular formula is C16H17FO3. The molecule has 0 radical (unpaired) electrons. The van der Waals surface area contributed by atoms with E-state index in [0.717, 1.165) is 0 Å². The highest BCUT2D eigenvalue weighted by atomic mass is 19.1. The number of para-hydroxylation sites is 1. The van der Waals surface area contributed by atoms with Gasteiger partial charge in [-0.3, -0.25) is 0 Å². The van der Waals surface area contributed by atoms with Crippen LogP contribution in [0.2, 0.25) is 0 Å². The fourth-order valence-electron chi connectivity index (χ4n) is 1.90. The van der Waals surface area contributed by atoms with Gasteiger partial charge in [-0.1, -0.05) is 30.3 Å². The number of aliphatic hydroxyl groups excluding tert-OH is 1. The van der Waals surface area contributed by atoms with Gasteiger partial charge < -0.3 is 14.6 Å². The molecule has 2 aromatic carbocycles. The monoisotopic (exact) mass is 276 g/mol. The van der Waals surface area contributed by atoms with E-state index in [0.29, 0.717) is 30.1 Å². The summed E-state index contributed by atoms with van der Waals surface area (Å²) >= 11 is 0. The topological polar surface area (TPSA) is 38.7 Å². The lowest BCUT2D eigenvalue weighted by Crippen LogP contribution is -2.08. The molecule has 1 unspecified atom stereocenters.